The molecule has 318 valence electrons. The van der Waals surface area contributed by atoms with Gasteiger partial charge in [-0.2, -0.15) is 0 Å². The van der Waals surface area contributed by atoms with Gasteiger partial charge in [-0.05, 0) is 93.7 Å². The van der Waals surface area contributed by atoms with E-state index < -0.39 is 15.8 Å². The van der Waals surface area contributed by atoms with E-state index >= 15 is 0 Å². The number of benzene rings is 10. The molecule has 0 aromatic heterocycles. The van der Waals surface area contributed by atoms with Gasteiger partial charge in [-0.25, -0.2) is 0 Å². The van der Waals surface area contributed by atoms with Crippen molar-refractivity contribution in [3.63, 3.8) is 0 Å². The van der Waals surface area contributed by atoms with Gasteiger partial charge in [-0.1, -0.05) is 181 Å². The number of hydrogen-bond acceptors (Lipinski definition) is 0. The third-order valence-electron chi connectivity index (χ3n) is 11.4. The molecule has 0 saturated heterocycles. The van der Waals surface area contributed by atoms with E-state index in [0.717, 1.165) is 32.7 Å². The first-order valence-corrected chi connectivity index (χ1v) is 24.7. The molecule has 0 fully saturated rings. The summed E-state index contributed by atoms with van der Waals surface area (Å²) < 4.78 is 0. The third kappa shape index (κ3) is 11.9. The number of unbranched alkanes of at least 4 members (excludes halogenated alkanes) is 1. The van der Waals surface area contributed by atoms with Gasteiger partial charge in [0.15, 0.2) is 0 Å². The Hall–Kier alpha value is -5.30. The maximum atomic E-state index is 7.35. The van der Waals surface area contributed by atoms with Crippen LogP contribution in [0.3, 0.4) is 0 Å². The molecule has 0 aliphatic heterocycles. The van der Waals surface area contributed by atoms with Gasteiger partial charge in [0.05, 0.1) is 49.4 Å². The molecule has 0 amide bonds. The van der Waals surface area contributed by atoms with Crippen LogP contribution in [0.15, 0.2) is 231 Å². The molecule has 0 aliphatic carbocycles. The summed E-state index contributed by atoms with van der Waals surface area (Å²) in [5, 5.41) is 15.5. The van der Waals surface area contributed by atoms with Crippen LogP contribution in [0.1, 0.15) is 24.0 Å². The van der Waals surface area contributed by atoms with E-state index in [4.69, 9.17) is 12.8 Å². The molecule has 0 heterocycles. The van der Waals surface area contributed by atoms with Crippen LogP contribution < -0.4 is 21.2 Å². The van der Waals surface area contributed by atoms with Gasteiger partial charge in [0, 0.05) is 0 Å². The summed E-state index contributed by atoms with van der Waals surface area (Å²) in [6.07, 6.45) is 19.9. The Kier molecular flexibility index (Phi) is 18.6. The first kappa shape index (κ1) is 48.2. The molecule has 64 heavy (non-hydrogen) atoms. The maximum Gasteiger partial charge on any atom is 1.00 e. The zero-order chi connectivity index (χ0) is 42.4. The minimum absolute atomic E-state index is 0. The topological polar surface area (TPSA) is 0 Å². The van der Waals surface area contributed by atoms with Crippen LogP contribution in [0.2, 0.25) is 0 Å². The summed E-state index contributed by atoms with van der Waals surface area (Å²) in [5.74, 6) is 5.02. The molecule has 10 aromatic carbocycles. The van der Waals surface area contributed by atoms with E-state index in [0.29, 0.717) is 0 Å². The Morgan fingerprint density at radius 1 is 0.297 bits per heavy atom. The first-order chi connectivity index (χ1) is 30.7. The van der Waals surface area contributed by atoms with Crippen molar-refractivity contribution >= 4 is 80.2 Å². The van der Waals surface area contributed by atoms with Crippen LogP contribution in [0.5, 0.6) is 0 Å². The minimum Gasteiger partial charge on any atom is -0.366 e. The van der Waals surface area contributed by atoms with Gasteiger partial charge >= 0.3 is 44.8 Å². The Bertz CT molecular complexity index is 2810. The molecule has 0 radical (unpaired) electrons. The van der Waals surface area contributed by atoms with Gasteiger partial charge in [-0.3, -0.25) is 11.8 Å². The second kappa shape index (κ2) is 24.7. The number of rotatable bonds is 9. The van der Waals surface area contributed by atoms with Crippen LogP contribution in [-0.2, 0) is 44.8 Å². The fourth-order valence-corrected chi connectivity index (χ4v) is 13.8. The van der Waals surface area contributed by atoms with Crippen molar-refractivity contribution in [2.45, 2.75) is 12.8 Å². The zero-order valence-electron chi connectivity index (χ0n) is 35.4. The second-order valence-electron chi connectivity index (χ2n) is 15.3. The summed E-state index contributed by atoms with van der Waals surface area (Å²) >= 11 is 0. The van der Waals surface area contributed by atoms with E-state index in [9.17, 15) is 0 Å². The molecule has 0 atom stereocenters. The molecule has 0 saturated carbocycles. The van der Waals surface area contributed by atoms with Crippen LogP contribution in [0.25, 0.3) is 43.1 Å². The van der Waals surface area contributed by atoms with Crippen LogP contribution in [-0.4, -0.2) is 12.3 Å². The monoisotopic (exact) mass is 1220 g/mol. The fourth-order valence-electron chi connectivity index (χ4n) is 8.39. The number of fused-ring (bicyclic) bond motifs is 6. The van der Waals surface area contributed by atoms with Gasteiger partial charge in [0.2, 0.25) is 0 Å². The molecule has 0 bridgehead atoms. The predicted octanol–water partition coefficient (Wildman–Crippen LogP) is 13.4. The van der Waals surface area contributed by atoms with E-state index in [1.807, 2.05) is 72.8 Å². The average molecular weight is 1220 g/mol. The van der Waals surface area contributed by atoms with Crippen LogP contribution in [0, 0.1) is 24.7 Å². The molecule has 0 nitrogen and oxygen atoms in total. The van der Waals surface area contributed by atoms with Crippen molar-refractivity contribution in [3.05, 3.63) is 254 Å². The van der Waals surface area contributed by atoms with Gasteiger partial charge in [0.25, 0.3) is 0 Å². The van der Waals surface area contributed by atoms with E-state index in [1.54, 1.807) is 0 Å². The molecule has 0 N–H and O–H groups in total. The summed E-state index contributed by atoms with van der Waals surface area (Å²) in [6, 6.07) is 81.5. The zero-order valence-corrected chi connectivity index (χ0v) is 41.7. The Morgan fingerprint density at radius 3 is 0.844 bits per heavy atom. The van der Waals surface area contributed by atoms with E-state index in [1.165, 1.54) is 67.9 Å². The smallest absolute Gasteiger partial charge is 0.366 e. The fraction of sp³-hybridized carbons (Fsp3) is 0.0667. The van der Waals surface area contributed by atoms with Gasteiger partial charge in [0.1, 0.15) is 0 Å². The van der Waals surface area contributed by atoms with Crippen molar-refractivity contribution in [2.24, 2.45) is 0 Å². The SMILES string of the molecule is [Au+].[Au+].[C-]#Cc1cc2ccccc2c2ccccc12.[C-]#Cc1cc2ccccc2c2ccccc12.c1ccc([PH+](CCCC[PH+](c2ccccc2)c2ccccc2)c2ccccc2)cc1. The van der Waals surface area contributed by atoms with E-state index in [2.05, 4.69) is 170 Å². The maximum absolute atomic E-state index is 7.35. The summed E-state index contributed by atoms with van der Waals surface area (Å²) in [5.41, 5.74) is 1.71. The van der Waals surface area contributed by atoms with Crippen molar-refractivity contribution in [1.82, 2.24) is 0 Å². The van der Waals surface area contributed by atoms with Crippen molar-refractivity contribution in [3.8, 4) is 11.8 Å². The summed E-state index contributed by atoms with van der Waals surface area (Å²) in [4.78, 5) is 0. The second-order valence-corrected chi connectivity index (χ2v) is 20.5. The molecule has 0 aliphatic rings. The molecule has 4 heteroatoms. The Labute approximate surface area is 413 Å². The molecule has 10 aromatic rings. The average Bonchev–Trinajstić information content (AvgIpc) is 3.36. The van der Waals surface area contributed by atoms with Gasteiger partial charge in [-0.15, -0.1) is 23.3 Å². The molecular weight excluding hydrogens is 1180 g/mol. The van der Waals surface area contributed by atoms with Crippen molar-refractivity contribution in [2.75, 3.05) is 12.3 Å². The largest absolute Gasteiger partial charge is 1.00 e. The predicted molar refractivity (Wildman–Crippen MR) is 275 cm³/mol. The first-order valence-electron chi connectivity index (χ1n) is 21.3. The van der Waals surface area contributed by atoms with Crippen LogP contribution >= 0.6 is 15.8 Å². The van der Waals surface area contributed by atoms with Crippen LogP contribution in [0.4, 0.5) is 0 Å². The Morgan fingerprint density at radius 2 is 0.547 bits per heavy atom. The summed E-state index contributed by atoms with van der Waals surface area (Å²) in [7, 11) is -1.43. The summed E-state index contributed by atoms with van der Waals surface area (Å²) in [6.45, 7) is 0. The van der Waals surface area contributed by atoms with Crippen molar-refractivity contribution < 1.29 is 44.8 Å². The molecular formula is C60H48Au2P2+2. The van der Waals surface area contributed by atoms with E-state index in [-0.39, 0.29) is 44.8 Å². The quantitative estimate of drug-likeness (QED) is 0.0337. The van der Waals surface area contributed by atoms with Gasteiger partial charge < -0.3 is 12.8 Å². The standard InChI is InChI=1S/C28H28P2.2C16H9.2Au/c1-5-15-25(16-6-1)29(26-17-7-2-8-18-26)23-13-14-24-30(27-19-9-3-10-20-27)28-21-11-4-12-22-28;2*1-2-12-11-13-7-3-4-9-15(13)16-10-6-5-8-14(12)16;;/h1-12,15-22H,13-14,23-24H2;2*3-11H;;/q;2*-1;2*+1/p+2. The normalized spacial score (nSPS) is 10.4. The molecule has 0 unspecified atom stereocenters. The minimum atomic E-state index is -0.714. The van der Waals surface area contributed by atoms with Crippen molar-refractivity contribution in [1.29, 1.82) is 0 Å². The third-order valence-corrected chi connectivity index (χ3v) is 17.2. The molecule has 10 rings (SSSR count). The number of hydrogen-bond donors (Lipinski definition) is 0. The molecule has 0 spiro atoms. The Balaban J connectivity index is 0.000000170.